The molecule has 3 aromatic rings. The molecule has 0 saturated carbocycles. The molecule has 0 atom stereocenters. The van der Waals surface area contributed by atoms with E-state index in [4.69, 9.17) is 5.10 Å². The first-order valence-electron chi connectivity index (χ1n) is 9.20. The van der Waals surface area contributed by atoms with Crippen molar-refractivity contribution in [3.05, 3.63) is 90.5 Å². The lowest BCUT2D eigenvalue weighted by Crippen LogP contribution is -2.19. The van der Waals surface area contributed by atoms with Crippen molar-refractivity contribution in [2.75, 3.05) is 23.0 Å². The highest BCUT2D eigenvalue weighted by Crippen LogP contribution is 2.27. The number of nitrogens with zero attached hydrogens (tertiary/aromatic N) is 3. The highest BCUT2D eigenvalue weighted by Gasteiger charge is 2.15. The van der Waals surface area contributed by atoms with Gasteiger partial charge in [0, 0.05) is 24.3 Å². The van der Waals surface area contributed by atoms with Gasteiger partial charge in [-0.3, -0.25) is 0 Å². The molecular weight excluding hydrogens is 318 g/mol. The summed E-state index contributed by atoms with van der Waals surface area (Å²) in [5.41, 5.74) is 4.53. The van der Waals surface area contributed by atoms with E-state index in [1.165, 1.54) is 18.5 Å². The quantitative estimate of drug-likeness (QED) is 0.453. The number of benzene rings is 3. The lowest BCUT2D eigenvalue weighted by molar-refractivity contribution is 0.949. The van der Waals surface area contributed by atoms with Crippen molar-refractivity contribution in [2.24, 2.45) is 5.10 Å². The highest BCUT2D eigenvalue weighted by atomic mass is 15.5. The fourth-order valence-corrected chi connectivity index (χ4v) is 3.38. The van der Waals surface area contributed by atoms with E-state index in [1.54, 1.807) is 0 Å². The normalized spacial score (nSPS) is 14.1. The molecule has 0 N–H and O–H groups in total. The van der Waals surface area contributed by atoms with Crippen LogP contribution in [0.15, 0.2) is 90.0 Å². The molecule has 0 aromatic heterocycles. The zero-order valence-corrected chi connectivity index (χ0v) is 14.8. The molecule has 0 amide bonds. The van der Waals surface area contributed by atoms with Gasteiger partial charge in [0.1, 0.15) is 0 Å². The number of hydrogen-bond acceptors (Lipinski definition) is 3. The number of hydrazone groups is 1. The van der Waals surface area contributed by atoms with Gasteiger partial charge in [0.15, 0.2) is 0 Å². The smallest absolute Gasteiger partial charge is 0.0652 e. The summed E-state index contributed by atoms with van der Waals surface area (Å²) in [6, 6.07) is 29.1. The van der Waals surface area contributed by atoms with E-state index in [2.05, 4.69) is 53.4 Å². The van der Waals surface area contributed by atoms with Gasteiger partial charge >= 0.3 is 0 Å². The van der Waals surface area contributed by atoms with Crippen molar-refractivity contribution in [3.8, 4) is 0 Å². The van der Waals surface area contributed by atoms with Crippen molar-refractivity contribution in [2.45, 2.75) is 12.8 Å². The van der Waals surface area contributed by atoms with Gasteiger partial charge in [-0.25, -0.2) is 5.01 Å². The second kappa shape index (κ2) is 7.87. The fourth-order valence-electron chi connectivity index (χ4n) is 3.38. The molecule has 1 fully saturated rings. The van der Waals surface area contributed by atoms with Crippen molar-refractivity contribution in [3.63, 3.8) is 0 Å². The Labute approximate surface area is 155 Å². The Morgan fingerprint density at radius 2 is 1.23 bits per heavy atom. The Balaban J connectivity index is 1.68. The van der Waals surface area contributed by atoms with E-state index in [-0.39, 0.29) is 0 Å². The molecule has 3 heteroatoms. The van der Waals surface area contributed by atoms with Crippen LogP contribution < -0.4 is 9.91 Å². The van der Waals surface area contributed by atoms with Crippen LogP contribution in [0.4, 0.5) is 17.1 Å². The summed E-state index contributed by atoms with van der Waals surface area (Å²) in [5, 5.41) is 6.84. The second-order valence-corrected chi connectivity index (χ2v) is 6.48. The van der Waals surface area contributed by atoms with Gasteiger partial charge in [0.05, 0.1) is 17.6 Å². The topological polar surface area (TPSA) is 18.8 Å². The van der Waals surface area contributed by atoms with Crippen molar-refractivity contribution in [1.29, 1.82) is 0 Å². The number of rotatable bonds is 5. The minimum Gasteiger partial charge on any atom is -0.371 e. The van der Waals surface area contributed by atoms with E-state index >= 15 is 0 Å². The van der Waals surface area contributed by atoms with E-state index in [1.807, 2.05) is 47.6 Å². The van der Waals surface area contributed by atoms with Gasteiger partial charge in [-0.05, 0) is 43.2 Å². The van der Waals surface area contributed by atoms with Gasteiger partial charge in [-0.1, -0.05) is 54.6 Å². The summed E-state index contributed by atoms with van der Waals surface area (Å²) in [4.78, 5) is 2.46. The van der Waals surface area contributed by atoms with Crippen LogP contribution in [0.5, 0.6) is 0 Å². The Bertz CT molecular complexity index is 813. The molecule has 0 spiro atoms. The largest absolute Gasteiger partial charge is 0.371 e. The van der Waals surface area contributed by atoms with E-state index in [9.17, 15) is 0 Å². The first kappa shape index (κ1) is 16.4. The van der Waals surface area contributed by atoms with Gasteiger partial charge < -0.3 is 4.90 Å². The Morgan fingerprint density at radius 1 is 0.692 bits per heavy atom. The number of hydrogen-bond donors (Lipinski definition) is 0. The number of anilines is 3. The Kier molecular flexibility index (Phi) is 4.97. The molecular formula is C23H23N3. The zero-order chi connectivity index (χ0) is 17.6. The molecule has 1 saturated heterocycles. The second-order valence-electron chi connectivity index (χ2n) is 6.48. The SMILES string of the molecule is C(=N\N(c1ccccc1)c1ccccc1)/c1ccccc1N1CCCC1. The van der Waals surface area contributed by atoms with Crippen LogP contribution >= 0.6 is 0 Å². The molecule has 4 rings (SSSR count). The molecule has 0 bridgehead atoms. The standard InChI is InChI=1S/C23H23N3/c1-3-12-21(13-4-1)26(22-14-5-2-6-15-22)24-19-20-11-7-8-16-23(20)25-17-9-10-18-25/h1-8,11-16,19H,9-10,17-18H2/b24-19+. The van der Waals surface area contributed by atoms with Gasteiger partial charge in [0.2, 0.25) is 0 Å². The van der Waals surface area contributed by atoms with E-state index in [0.717, 1.165) is 30.0 Å². The molecule has 130 valence electrons. The molecule has 0 radical (unpaired) electrons. The lowest BCUT2D eigenvalue weighted by atomic mass is 10.2. The van der Waals surface area contributed by atoms with Crippen LogP contribution in [0.3, 0.4) is 0 Å². The van der Waals surface area contributed by atoms with Gasteiger partial charge in [-0.15, -0.1) is 0 Å². The van der Waals surface area contributed by atoms with Crippen molar-refractivity contribution < 1.29 is 0 Å². The van der Waals surface area contributed by atoms with Crippen LogP contribution in [0, 0.1) is 0 Å². The Hall–Kier alpha value is -3.07. The maximum atomic E-state index is 4.85. The molecule has 1 heterocycles. The third kappa shape index (κ3) is 3.62. The monoisotopic (exact) mass is 341 g/mol. The predicted molar refractivity (Wildman–Crippen MR) is 111 cm³/mol. The summed E-state index contributed by atoms with van der Waals surface area (Å²) in [5.74, 6) is 0. The van der Waals surface area contributed by atoms with Crippen LogP contribution in [0.1, 0.15) is 18.4 Å². The first-order chi connectivity index (χ1) is 12.9. The molecule has 26 heavy (non-hydrogen) atoms. The summed E-state index contributed by atoms with van der Waals surface area (Å²) < 4.78 is 0. The summed E-state index contributed by atoms with van der Waals surface area (Å²) in [6.45, 7) is 2.26. The van der Waals surface area contributed by atoms with Crippen molar-refractivity contribution >= 4 is 23.3 Å². The average Bonchev–Trinajstić information content (AvgIpc) is 3.25. The first-order valence-corrected chi connectivity index (χ1v) is 9.20. The zero-order valence-electron chi connectivity index (χ0n) is 14.8. The molecule has 3 nitrogen and oxygen atoms in total. The van der Waals surface area contributed by atoms with Crippen LogP contribution in [0.2, 0.25) is 0 Å². The van der Waals surface area contributed by atoms with E-state index < -0.39 is 0 Å². The molecule has 0 unspecified atom stereocenters. The molecule has 1 aliphatic heterocycles. The maximum Gasteiger partial charge on any atom is 0.0652 e. The van der Waals surface area contributed by atoms with Crippen LogP contribution in [-0.4, -0.2) is 19.3 Å². The van der Waals surface area contributed by atoms with Crippen molar-refractivity contribution in [1.82, 2.24) is 0 Å². The Morgan fingerprint density at radius 3 is 1.85 bits per heavy atom. The molecule has 1 aliphatic rings. The van der Waals surface area contributed by atoms with E-state index in [0.29, 0.717) is 0 Å². The van der Waals surface area contributed by atoms with Crippen LogP contribution in [-0.2, 0) is 0 Å². The number of para-hydroxylation sites is 3. The molecule has 3 aromatic carbocycles. The fraction of sp³-hybridized carbons (Fsp3) is 0.174. The average molecular weight is 341 g/mol. The third-order valence-corrected chi connectivity index (χ3v) is 4.70. The van der Waals surface area contributed by atoms with Crippen LogP contribution in [0.25, 0.3) is 0 Å². The third-order valence-electron chi connectivity index (χ3n) is 4.70. The minimum absolute atomic E-state index is 1.05. The minimum atomic E-state index is 1.05. The summed E-state index contributed by atoms with van der Waals surface area (Å²) in [7, 11) is 0. The molecule has 0 aliphatic carbocycles. The summed E-state index contributed by atoms with van der Waals surface area (Å²) >= 11 is 0. The maximum absolute atomic E-state index is 4.85. The lowest BCUT2D eigenvalue weighted by Gasteiger charge is -2.21. The van der Waals surface area contributed by atoms with Gasteiger partial charge in [-0.2, -0.15) is 5.10 Å². The van der Waals surface area contributed by atoms with Gasteiger partial charge in [0.25, 0.3) is 0 Å². The highest BCUT2D eigenvalue weighted by molar-refractivity contribution is 5.89. The summed E-state index contributed by atoms with van der Waals surface area (Å²) in [6.07, 6.45) is 4.52. The predicted octanol–water partition coefficient (Wildman–Crippen LogP) is 5.46.